The maximum absolute atomic E-state index is 13.5. The van der Waals surface area contributed by atoms with Crippen molar-refractivity contribution in [3.8, 4) is 0 Å². The number of hydrogen-bond acceptors (Lipinski definition) is 3. The summed E-state index contributed by atoms with van der Waals surface area (Å²) in [6.45, 7) is 3.57. The fourth-order valence-electron chi connectivity index (χ4n) is 1.61. The number of nitrogen functional groups attached to an aromatic ring is 1. The molecule has 1 amide bonds. The van der Waals surface area contributed by atoms with Crippen LogP contribution in [0.15, 0.2) is 12.1 Å². The van der Waals surface area contributed by atoms with Crippen molar-refractivity contribution < 1.29 is 13.9 Å². The average molecular weight is 238 g/mol. The summed E-state index contributed by atoms with van der Waals surface area (Å²) in [5.74, 6) is -0.648. The first-order valence-electron chi connectivity index (χ1n) is 5.49. The Morgan fingerprint density at radius 2 is 2.29 bits per heavy atom. The summed E-state index contributed by atoms with van der Waals surface area (Å²) >= 11 is 0. The molecule has 0 spiro atoms. The van der Waals surface area contributed by atoms with Crippen molar-refractivity contribution in [1.82, 2.24) is 5.32 Å². The number of nitrogens with two attached hydrogens (primary N) is 1. The number of rotatable bonds is 3. The molecule has 2 rings (SSSR count). The molecule has 1 aliphatic rings. The molecule has 1 aliphatic heterocycles. The third-order valence-corrected chi connectivity index (χ3v) is 2.86. The third-order valence-electron chi connectivity index (χ3n) is 2.86. The van der Waals surface area contributed by atoms with Gasteiger partial charge in [0.2, 0.25) is 0 Å². The Morgan fingerprint density at radius 3 is 2.88 bits per heavy atom. The van der Waals surface area contributed by atoms with Crippen LogP contribution in [0.4, 0.5) is 10.1 Å². The molecular weight excluding hydrogens is 223 g/mol. The van der Waals surface area contributed by atoms with Crippen LogP contribution in [0, 0.1) is 18.7 Å². The Morgan fingerprint density at radius 1 is 1.59 bits per heavy atom. The summed E-state index contributed by atoms with van der Waals surface area (Å²) in [6.07, 6.45) is 0. The molecule has 0 unspecified atom stereocenters. The van der Waals surface area contributed by atoms with Crippen LogP contribution >= 0.6 is 0 Å². The SMILES string of the molecule is Cc1cc(C(=O)NCC2COC2)c(F)cc1N. The van der Waals surface area contributed by atoms with Gasteiger partial charge in [0, 0.05) is 18.2 Å². The predicted molar refractivity (Wildman–Crippen MR) is 62.2 cm³/mol. The lowest BCUT2D eigenvalue weighted by Gasteiger charge is -2.25. The number of benzene rings is 1. The summed E-state index contributed by atoms with van der Waals surface area (Å²) < 4.78 is 18.5. The Balaban J connectivity index is 2.04. The van der Waals surface area contributed by atoms with Gasteiger partial charge in [0.25, 0.3) is 5.91 Å². The van der Waals surface area contributed by atoms with Gasteiger partial charge in [-0.05, 0) is 24.6 Å². The minimum Gasteiger partial charge on any atom is -0.398 e. The molecule has 1 heterocycles. The van der Waals surface area contributed by atoms with E-state index in [-0.39, 0.29) is 5.56 Å². The van der Waals surface area contributed by atoms with Gasteiger partial charge in [-0.3, -0.25) is 4.79 Å². The number of ether oxygens (including phenoxy) is 1. The lowest BCUT2D eigenvalue weighted by Crippen LogP contribution is -2.39. The zero-order valence-electron chi connectivity index (χ0n) is 9.63. The highest BCUT2D eigenvalue weighted by atomic mass is 19.1. The van der Waals surface area contributed by atoms with E-state index in [4.69, 9.17) is 10.5 Å². The number of aryl methyl sites for hydroxylation is 1. The zero-order chi connectivity index (χ0) is 12.4. The van der Waals surface area contributed by atoms with Crippen molar-refractivity contribution in [3.63, 3.8) is 0 Å². The van der Waals surface area contributed by atoms with Crippen LogP contribution in [-0.2, 0) is 4.74 Å². The van der Waals surface area contributed by atoms with Crippen molar-refractivity contribution in [2.75, 3.05) is 25.5 Å². The van der Waals surface area contributed by atoms with Gasteiger partial charge in [0.05, 0.1) is 18.8 Å². The Labute approximate surface area is 98.9 Å². The van der Waals surface area contributed by atoms with Crippen LogP contribution < -0.4 is 11.1 Å². The van der Waals surface area contributed by atoms with Crippen LogP contribution in [0.2, 0.25) is 0 Å². The second-order valence-corrected chi connectivity index (χ2v) is 4.30. The highest BCUT2D eigenvalue weighted by molar-refractivity contribution is 5.95. The highest BCUT2D eigenvalue weighted by Gasteiger charge is 2.20. The number of amides is 1. The molecule has 0 aliphatic carbocycles. The first-order chi connectivity index (χ1) is 8.08. The average Bonchev–Trinajstić information content (AvgIpc) is 2.21. The zero-order valence-corrected chi connectivity index (χ0v) is 9.63. The van der Waals surface area contributed by atoms with Gasteiger partial charge in [-0.25, -0.2) is 4.39 Å². The van der Waals surface area contributed by atoms with Crippen LogP contribution in [0.25, 0.3) is 0 Å². The standard InChI is InChI=1S/C12H15FN2O2/c1-7-2-9(10(13)3-11(7)14)12(16)15-4-8-5-17-6-8/h2-3,8H,4-6,14H2,1H3,(H,15,16). The van der Waals surface area contributed by atoms with Crippen molar-refractivity contribution >= 4 is 11.6 Å². The maximum atomic E-state index is 13.5. The quantitative estimate of drug-likeness (QED) is 0.775. The minimum atomic E-state index is -0.588. The number of halogens is 1. The molecule has 0 radical (unpaired) electrons. The van der Waals surface area contributed by atoms with Crippen LogP contribution in [0.3, 0.4) is 0 Å². The molecule has 1 aromatic carbocycles. The van der Waals surface area contributed by atoms with E-state index in [9.17, 15) is 9.18 Å². The summed E-state index contributed by atoms with van der Waals surface area (Å²) in [7, 11) is 0. The second-order valence-electron chi connectivity index (χ2n) is 4.30. The van der Waals surface area contributed by atoms with E-state index in [1.165, 1.54) is 12.1 Å². The van der Waals surface area contributed by atoms with Crippen LogP contribution in [0.5, 0.6) is 0 Å². The first-order valence-corrected chi connectivity index (χ1v) is 5.49. The molecule has 0 atom stereocenters. The molecule has 5 heteroatoms. The molecule has 4 nitrogen and oxygen atoms in total. The Hall–Kier alpha value is -1.62. The number of carbonyl (C=O) groups excluding carboxylic acids is 1. The predicted octanol–water partition coefficient (Wildman–Crippen LogP) is 1.09. The molecule has 0 bridgehead atoms. The van der Waals surface area contributed by atoms with Crippen LogP contribution in [-0.4, -0.2) is 25.7 Å². The minimum absolute atomic E-state index is 0.0388. The van der Waals surface area contributed by atoms with Gasteiger partial charge in [0.15, 0.2) is 0 Å². The molecule has 1 fully saturated rings. The fourth-order valence-corrected chi connectivity index (χ4v) is 1.61. The molecule has 92 valence electrons. The lowest BCUT2D eigenvalue weighted by molar-refractivity contribution is -0.0298. The van der Waals surface area contributed by atoms with E-state index in [2.05, 4.69) is 5.32 Å². The van der Waals surface area contributed by atoms with Crippen molar-refractivity contribution in [2.24, 2.45) is 5.92 Å². The molecule has 3 N–H and O–H groups in total. The van der Waals surface area contributed by atoms with E-state index in [1.54, 1.807) is 6.92 Å². The highest BCUT2D eigenvalue weighted by Crippen LogP contribution is 2.17. The Bertz CT molecular complexity index is 444. The number of hydrogen-bond donors (Lipinski definition) is 2. The molecule has 1 aromatic rings. The van der Waals surface area contributed by atoms with Gasteiger partial charge in [-0.2, -0.15) is 0 Å². The van der Waals surface area contributed by atoms with Gasteiger partial charge in [0.1, 0.15) is 5.82 Å². The van der Waals surface area contributed by atoms with E-state index >= 15 is 0 Å². The molecule has 17 heavy (non-hydrogen) atoms. The molecule has 0 aromatic heterocycles. The van der Waals surface area contributed by atoms with E-state index < -0.39 is 11.7 Å². The van der Waals surface area contributed by atoms with Crippen molar-refractivity contribution in [1.29, 1.82) is 0 Å². The summed E-state index contributed by atoms with van der Waals surface area (Å²) in [5, 5.41) is 2.69. The second kappa shape index (κ2) is 4.71. The molecule has 0 saturated carbocycles. The largest absolute Gasteiger partial charge is 0.398 e. The number of anilines is 1. The molecular formula is C12H15FN2O2. The summed E-state index contributed by atoms with van der Waals surface area (Å²) in [4.78, 5) is 11.7. The molecule has 1 saturated heterocycles. The fraction of sp³-hybridized carbons (Fsp3) is 0.417. The summed E-state index contributed by atoms with van der Waals surface area (Å²) in [5.41, 5.74) is 6.64. The van der Waals surface area contributed by atoms with Crippen molar-refractivity contribution in [2.45, 2.75) is 6.92 Å². The van der Waals surface area contributed by atoms with E-state index in [1.807, 2.05) is 0 Å². The Kier molecular flexibility index (Phi) is 3.28. The normalized spacial score (nSPS) is 15.4. The van der Waals surface area contributed by atoms with Gasteiger partial charge in [-0.15, -0.1) is 0 Å². The van der Waals surface area contributed by atoms with Gasteiger partial charge in [-0.1, -0.05) is 0 Å². The lowest BCUT2D eigenvalue weighted by atomic mass is 10.1. The third kappa shape index (κ3) is 2.55. The monoisotopic (exact) mass is 238 g/mol. The van der Waals surface area contributed by atoms with Crippen LogP contribution in [0.1, 0.15) is 15.9 Å². The number of nitrogens with one attached hydrogen (secondary N) is 1. The van der Waals surface area contributed by atoms with Gasteiger partial charge < -0.3 is 15.8 Å². The van der Waals surface area contributed by atoms with Crippen molar-refractivity contribution in [3.05, 3.63) is 29.1 Å². The number of carbonyl (C=O) groups is 1. The maximum Gasteiger partial charge on any atom is 0.254 e. The van der Waals surface area contributed by atoms with E-state index in [0.717, 1.165) is 0 Å². The summed E-state index contributed by atoms with van der Waals surface area (Å²) in [6, 6.07) is 2.65. The van der Waals surface area contributed by atoms with Gasteiger partial charge >= 0.3 is 0 Å². The smallest absolute Gasteiger partial charge is 0.254 e. The topological polar surface area (TPSA) is 64.3 Å². The first kappa shape index (κ1) is 11.9. The van der Waals surface area contributed by atoms with E-state index in [0.29, 0.717) is 36.9 Å².